The van der Waals surface area contributed by atoms with E-state index in [4.69, 9.17) is 0 Å². The first-order valence-electron chi connectivity index (χ1n) is 17.0. The van der Waals surface area contributed by atoms with Crippen molar-refractivity contribution in [2.45, 2.75) is 116 Å². The first kappa shape index (κ1) is 29.3. The van der Waals surface area contributed by atoms with E-state index in [0.29, 0.717) is 0 Å². The Bertz CT molecular complexity index is 596. The van der Waals surface area contributed by atoms with Gasteiger partial charge >= 0.3 is 0 Å². The molecule has 0 aromatic carbocycles. The van der Waals surface area contributed by atoms with E-state index in [1.807, 2.05) is 0 Å². The van der Waals surface area contributed by atoms with Gasteiger partial charge in [-0.2, -0.15) is 0 Å². The van der Waals surface area contributed by atoms with E-state index < -0.39 is 0 Å². The average Bonchev–Trinajstić information content (AvgIpc) is 2.82. The lowest BCUT2D eigenvalue weighted by Gasteiger charge is -2.54. The third-order valence-corrected chi connectivity index (χ3v) is 12.0. The van der Waals surface area contributed by atoms with Crippen molar-refractivity contribution in [3.05, 3.63) is 0 Å². The minimum absolute atomic E-state index is 0.799. The fourth-order valence-corrected chi connectivity index (χ4v) is 10.2. The second kappa shape index (κ2) is 12.4. The molecule has 0 atom stereocenters. The largest absolute Gasteiger partial charge is 0.305 e. The molecular weight excluding hydrogens is 464 g/mol. The van der Waals surface area contributed by atoms with E-state index >= 15 is 0 Å². The van der Waals surface area contributed by atoms with E-state index in [1.165, 1.54) is 168 Å². The van der Waals surface area contributed by atoms with Gasteiger partial charge in [0.25, 0.3) is 0 Å². The summed E-state index contributed by atoms with van der Waals surface area (Å²) < 4.78 is 0. The predicted molar refractivity (Wildman–Crippen MR) is 163 cm³/mol. The Hall–Kier alpha value is -0.160. The third-order valence-electron chi connectivity index (χ3n) is 12.0. The van der Waals surface area contributed by atoms with Crippen molar-refractivity contribution in [3.63, 3.8) is 0 Å². The Kier molecular flexibility index (Phi) is 9.55. The first-order chi connectivity index (χ1) is 18.2. The van der Waals surface area contributed by atoms with Crippen LogP contribution in [0.15, 0.2) is 0 Å². The summed E-state index contributed by atoms with van der Waals surface area (Å²) in [5, 5.41) is 0. The fourth-order valence-electron chi connectivity index (χ4n) is 10.2. The molecule has 4 spiro atoms. The Morgan fingerprint density at radius 3 is 0.579 bits per heavy atom. The van der Waals surface area contributed by atoms with Crippen LogP contribution in [0.5, 0.6) is 0 Å². The van der Waals surface area contributed by atoms with Crippen molar-refractivity contribution in [2.75, 3.05) is 80.5 Å². The maximum atomic E-state index is 2.45. The highest BCUT2D eigenvalue weighted by Crippen LogP contribution is 2.47. The van der Waals surface area contributed by atoms with Gasteiger partial charge in [0.1, 0.15) is 0 Å². The molecule has 38 heavy (non-hydrogen) atoms. The molecule has 8 rings (SSSR count). The SMILES string of the molecule is CN1CC2(CCC2)C1.CN1CC2(CCCCC2)C1.CN1CC2(CCCCC2)C1.CN1CC2(CCCCC2)C1. The number of hydrogen-bond donors (Lipinski definition) is 0. The summed E-state index contributed by atoms with van der Waals surface area (Å²) in [4.78, 5) is 9.76. The zero-order valence-electron chi connectivity index (χ0n) is 26.2. The van der Waals surface area contributed by atoms with Crippen LogP contribution in [-0.2, 0) is 0 Å². The highest BCUT2D eigenvalue weighted by atomic mass is 15.2. The minimum Gasteiger partial charge on any atom is -0.305 e. The lowest BCUT2D eigenvalue weighted by molar-refractivity contribution is -0.0436. The standard InChI is InChI=1S/3C9H17N.C7H13N/c3*1-10-7-9(8-10)5-3-2-4-6-9;1-8-5-7(6-8)3-2-4-7/h3*2-8H2,1H3;2-6H2,1H3. The lowest BCUT2D eigenvalue weighted by Crippen LogP contribution is -2.57. The van der Waals surface area contributed by atoms with Crippen LogP contribution < -0.4 is 0 Å². The smallest absolute Gasteiger partial charge is 0.00474 e. The number of hydrogen-bond acceptors (Lipinski definition) is 4. The molecule has 4 saturated heterocycles. The van der Waals surface area contributed by atoms with Crippen molar-refractivity contribution in [1.82, 2.24) is 19.6 Å². The van der Waals surface area contributed by atoms with Gasteiger partial charge in [-0.25, -0.2) is 0 Å². The van der Waals surface area contributed by atoms with Crippen LogP contribution in [0.2, 0.25) is 0 Å². The van der Waals surface area contributed by atoms with Gasteiger partial charge in [-0.05, 0) is 101 Å². The molecule has 0 unspecified atom stereocenters. The topological polar surface area (TPSA) is 13.0 Å². The maximum Gasteiger partial charge on any atom is 0.00474 e. The van der Waals surface area contributed by atoms with Crippen molar-refractivity contribution in [3.8, 4) is 0 Å². The number of rotatable bonds is 0. The Balaban J connectivity index is 0.000000103. The van der Waals surface area contributed by atoms with Crippen LogP contribution in [0.3, 0.4) is 0 Å². The van der Waals surface area contributed by atoms with Crippen LogP contribution in [0, 0.1) is 21.7 Å². The number of likely N-dealkylation sites (tertiary alicyclic amines) is 4. The molecule has 0 aromatic heterocycles. The van der Waals surface area contributed by atoms with Gasteiger partial charge in [0, 0.05) is 52.4 Å². The van der Waals surface area contributed by atoms with Gasteiger partial charge in [-0.3, -0.25) is 0 Å². The zero-order chi connectivity index (χ0) is 26.7. The summed E-state index contributed by atoms with van der Waals surface area (Å²) in [6, 6.07) is 0. The molecule has 0 aromatic rings. The van der Waals surface area contributed by atoms with Crippen LogP contribution in [0.1, 0.15) is 116 Å². The molecule has 220 valence electrons. The zero-order valence-corrected chi connectivity index (χ0v) is 26.2. The van der Waals surface area contributed by atoms with E-state index in [1.54, 1.807) is 0 Å². The van der Waals surface area contributed by atoms with Crippen LogP contribution in [0.4, 0.5) is 0 Å². The van der Waals surface area contributed by atoms with Crippen molar-refractivity contribution < 1.29 is 0 Å². The molecule has 4 aliphatic heterocycles. The molecule has 0 amide bonds. The molecule has 0 radical (unpaired) electrons. The Morgan fingerprint density at radius 1 is 0.263 bits per heavy atom. The third kappa shape index (κ3) is 7.18. The quantitative estimate of drug-likeness (QED) is 0.345. The van der Waals surface area contributed by atoms with E-state index in [2.05, 4.69) is 47.8 Å². The molecule has 4 heteroatoms. The van der Waals surface area contributed by atoms with Crippen LogP contribution in [0.25, 0.3) is 0 Å². The summed E-state index contributed by atoms with van der Waals surface area (Å²) >= 11 is 0. The van der Waals surface area contributed by atoms with Crippen molar-refractivity contribution in [2.24, 2.45) is 21.7 Å². The van der Waals surface area contributed by atoms with Gasteiger partial charge in [-0.1, -0.05) is 64.2 Å². The van der Waals surface area contributed by atoms with Gasteiger partial charge in [0.2, 0.25) is 0 Å². The maximum absolute atomic E-state index is 2.45. The molecule has 0 N–H and O–H groups in total. The predicted octanol–water partition coefficient (Wildman–Crippen LogP) is 6.75. The molecule has 8 aliphatic rings. The van der Waals surface area contributed by atoms with Gasteiger partial charge in [0.05, 0.1) is 0 Å². The molecule has 4 aliphatic carbocycles. The fraction of sp³-hybridized carbons (Fsp3) is 1.00. The van der Waals surface area contributed by atoms with Gasteiger partial charge in [0.15, 0.2) is 0 Å². The molecule has 4 saturated carbocycles. The van der Waals surface area contributed by atoms with Crippen molar-refractivity contribution in [1.29, 1.82) is 0 Å². The van der Waals surface area contributed by atoms with Gasteiger partial charge in [-0.15, -0.1) is 0 Å². The molecule has 4 heterocycles. The summed E-state index contributed by atoms with van der Waals surface area (Å²) in [6.45, 7) is 11.1. The Morgan fingerprint density at radius 2 is 0.447 bits per heavy atom. The highest BCUT2D eigenvalue weighted by molar-refractivity contribution is 4.99. The van der Waals surface area contributed by atoms with E-state index in [-0.39, 0.29) is 0 Å². The molecule has 0 bridgehead atoms. The van der Waals surface area contributed by atoms with E-state index in [9.17, 15) is 0 Å². The average molecular weight is 529 g/mol. The Labute approximate surface area is 237 Å². The monoisotopic (exact) mass is 529 g/mol. The normalized spacial score (nSPS) is 32.5. The second-order valence-corrected chi connectivity index (χ2v) is 16.2. The van der Waals surface area contributed by atoms with Crippen molar-refractivity contribution >= 4 is 0 Å². The summed E-state index contributed by atoms with van der Waals surface area (Å²) in [5.74, 6) is 0. The molecule has 4 nitrogen and oxygen atoms in total. The number of nitrogens with zero attached hydrogens (tertiary/aromatic N) is 4. The van der Waals surface area contributed by atoms with Crippen LogP contribution >= 0.6 is 0 Å². The molecular formula is C34H64N4. The summed E-state index contributed by atoms with van der Waals surface area (Å²) in [5.41, 5.74) is 3.24. The van der Waals surface area contributed by atoms with Gasteiger partial charge < -0.3 is 19.6 Å². The second-order valence-electron chi connectivity index (χ2n) is 16.2. The highest BCUT2D eigenvalue weighted by Gasteiger charge is 2.45. The van der Waals surface area contributed by atoms with E-state index in [0.717, 1.165) is 21.7 Å². The minimum atomic E-state index is 0.799. The summed E-state index contributed by atoms with van der Waals surface area (Å²) in [6.07, 6.45) is 27.0. The first-order valence-corrected chi connectivity index (χ1v) is 17.0. The van der Waals surface area contributed by atoms with Crippen LogP contribution in [-0.4, -0.2) is 100 Å². The molecule has 8 fully saturated rings. The summed E-state index contributed by atoms with van der Waals surface area (Å²) in [7, 11) is 8.92. The lowest BCUT2D eigenvalue weighted by atomic mass is 9.64.